The van der Waals surface area contributed by atoms with Crippen molar-refractivity contribution in [1.29, 1.82) is 0 Å². The zero-order valence-corrected chi connectivity index (χ0v) is 17.4. The molecule has 1 unspecified atom stereocenters. The van der Waals surface area contributed by atoms with E-state index in [9.17, 15) is 0 Å². The van der Waals surface area contributed by atoms with Crippen LogP contribution < -0.4 is 0 Å². The van der Waals surface area contributed by atoms with Crippen molar-refractivity contribution in [2.45, 2.75) is 111 Å². The summed E-state index contributed by atoms with van der Waals surface area (Å²) in [7, 11) is 0. The van der Waals surface area contributed by atoms with Gasteiger partial charge in [0, 0.05) is 12.8 Å². The van der Waals surface area contributed by atoms with E-state index in [0.29, 0.717) is 19.1 Å². The van der Waals surface area contributed by atoms with E-state index in [-0.39, 0.29) is 5.41 Å². The van der Waals surface area contributed by atoms with Gasteiger partial charge in [0.2, 0.25) is 5.79 Å². The average Bonchev–Trinajstić information content (AvgIpc) is 2.52. The molecule has 1 fully saturated rings. The summed E-state index contributed by atoms with van der Waals surface area (Å²) in [6.45, 7) is 12.5. The van der Waals surface area contributed by atoms with Crippen molar-refractivity contribution < 1.29 is 19.6 Å². The first-order valence-corrected chi connectivity index (χ1v) is 10.5. The van der Waals surface area contributed by atoms with Gasteiger partial charge in [-0.1, -0.05) is 73.1 Å². The van der Waals surface area contributed by atoms with Crippen LogP contribution in [0, 0.1) is 11.3 Å². The van der Waals surface area contributed by atoms with Crippen LogP contribution in [0.3, 0.4) is 0 Å². The molecule has 0 spiro atoms. The molecule has 0 aromatic carbocycles. The molecule has 0 bridgehead atoms. The molecule has 150 valence electrons. The monoisotopic (exact) mass is 358 g/mol. The molecular weight excluding hydrogens is 316 g/mol. The van der Waals surface area contributed by atoms with Crippen LogP contribution >= 0.6 is 0 Å². The van der Waals surface area contributed by atoms with E-state index in [1.807, 2.05) is 0 Å². The Morgan fingerprint density at radius 2 is 1.28 bits per heavy atom. The molecule has 0 N–H and O–H groups in total. The summed E-state index contributed by atoms with van der Waals surface area (Å²) >= 11 is 0. The molecule has 1 atom stereocenters. The van der Waals surface area contributed by atoms with Crippen molar-refractivity contribution in [2.24, 2.45) is 11.3 Å². The predicted octanol–water partition coefficient (Wildman–Crippen LogP) is 6.59. The molecule has 4 nitrogen and oxygen atoms in total. The second-order valence-electron chi connectivity index (χ2n) is 8.70. The molecule has 0 amide bonds. The Labute approximate surface area is 155 Å². The van der Waals surface area contributed by atoms with Gasteiger partial charge >= 0.3 is 0 Å². The van der Waals surface area contributed by atoms with Crippen molar-refractivity contribution in [3.63, 3.8) is 0 Å². The van der Waals surface area contributed by atoms with Gasteiger partial charge in [0.25, 0.3) is 0 Å². The topological polar surface area (TPSA) is 36.9 Å². The Morgan fingerprint density at radius 1 is 0.760 bits per heavy atom. The van der Waals surface area contributed by atoms with Gasteiger partial charge in [-0.15, -0.1) is 0 Å². The van der Waals surface area contributed by atoms with E-state index in [4.69, 9.17) is 19.6 Å². The summed E-state index contributed by atoms with van der Waals surface area (Å²) in [5.41, 5.74) is 0.162. The molecule has 0 heterocycles. The molecule has 25 heavy (non-hydrogen) atoms. The fraction of sp³-hybridized carbons (Fsp3) is 1.00. The van der Waals surface area contributed by atoms with Gasteiger partial charge in [-0.3, -0.25) is 0 Å². The van der Waals surface area contributed by atoms with Crippen LogP contribution in [-0.4, -0.2) is 19.0 Å². The van der Waals surface area contributed by atoms with Crippen LogP contribution in [-0.2, 0) is 19.6 Å². The van der Waals surface area contributed by atoms with Gasteiger partial charge in [0.15, 0.2) is 0 Å². The van der Waals surface area contributed by atoms with E-state index >= 15 is 0 Å². The zero-order chi connectivity index (χ0) is 18.6. The van der Waals surface area contributed by atoms with Crippen LogP contribution in [0.5, 0.6) is 0 Å². The molecule has 1 aliphatic rings. The number of unbranched alkanes of at least 4 members (excludes halogenated alkanes) is 6. The maximum Gasteiger partial charge on any atom is 0.234 e. The summed E-state index contributed by atoms with van der Waals surface area (Å²) in [6, 6.07) is 0. The minimum absolute atomic E-state index is 0.162. The second-order valence-corrected chi connectivity index (χ2v) is 8.70. The van der Waals surface area contributed by atoms with E-state index in [1.54, 1.807) is 0 Å². The third kappa shape index (κ3) is 9.93. The first kappa shape index (κ1) is 22.9. The molecule has 1 rings (SSSR count). The third-order valence-corrected chi connectivity index (χ3v) is 4.89. The highest BCUT2D eigenvalue weighted by Crippen LogP contribution is 2.46. The van der Waals surface area contributed by atoms with E-state index in [2.05, 4.69) is 34.6 Å². The number of rotatable bonds is 14. The Bertz CT molecular complexity index is 314. The van der Waals surface area contributed by atoms with Gasteiger partial charge in [-0.2, -0.15) is 9.78 Å². The minimum Gasteiger partial charge on any atom is -0.234 e. The lowest BCUT2D eigenvalue weighted by atomic mass is 9.70. The van der Waals surface area contributed by atoms with Gasteiger partial charge < -0.3 is 0 Å². The maximum absolute atomic E-state index is 5.84. The van der Waals surface area contributed by atoms with Crippen molar-refractivity contribution in [1.82, 2.24) is 0 Å². The molecule has 0 aromatic heterocycles. The van der Waals surface area contributed by atoms with Gasteiger partial charge in [0.05, 0.1) is 13.2 Å². The van der Waals surface area contributed by atoms with Crippen molar-refractivity contribution in [2.75, 3.05) is 13.2 Å². The molecule has 0 saturated heterocycles. The summed E-state index contributed by atoms with van der Waals surface area (Å²) in [5, 5.41) is 0. The lowest BCUT2D eigenvalue weighted by Gasteiger charge is -2.44. The average molecular weight is 359 g/mol. The van der Waals surface area contributed by atoms with E-state index in [1.165, 1.54) is 44.9 Å². The molecule has 0 radical (unpaired) electrons. The predicted molar refractivity (Wildman–Crippen MR) is 102 cm³/mol. The van der Waals surface area contributed by atoms with Crippen LogP contribution in [0.1, 0.15) is 105 Å². The van der Waals surface area contributed by atoms with Crippen LogP contribution in [0.2, 0.25) is 0 Å². The first-order chi connectivity index (χ1) is 11.9. The number of hydrogen-bond acceptors (Lipinski definition) is 4. The molecule has 0 aliphatic heterocycles. The van der Waals surface area contributed by atoms with E-state index < -0.39 is 5.79 Å². The second kappa shape index (κ2) is 12.3. The third-order valence-electron chi connectivity index (χ3n) is 4.89. The van der Waals surface area contributed by atoms with Crippen molar-refractivity contribution >= 4 is 0 Å². The Hall–Kier alpha value is -0.160. The fourth-order valence-corrected chi connectivity index (χ4v) is 4.03. The number of hydrogen-bond donors (Lipinski definition) is 0. The molecule has 0 aromatic rings. The largest absolute Gasteiger partial charge is 0.234 e. The Balaban J connectivity index is 2.46. The smallest absolute Gasteiger partial charge is 0.234 e. The Kier molecular flexibility index (Phi) is 11.2. The van der Waals surface area contributed by atoms with Crippen LogP contribution in [0.25, 0.3) is 0 Å². The highest BCUT2D eigenvalue weighted by molar-refractivity contribution is 4.88. The highest BCUT2D eigenvalue weighted by atomic mass is 17.3. The summed E-state index contributed by atoms with van der Waals surface area (Å²) in [5.74, 6) is -0.243. The Morgan fingerprint density at radius 3 is 1.72 bits per heavy atom. The summed E-state index contributed by atoms with van der Waals surface area (Å²) in [6.07, 6.45) is 12.2. The van der Waals surface area contributed by atoms with Crippen molar-refractivity contribution in [3.05, 3.63) is 0 Å². The van der Waals surface area contributed by atoms with Gasteiger partial charge in [-0.25, -0.2) is 9.78 Å². The van der Waals surface area contributed by atoms with Gasteiger partial charge in [-0.05, 0) is 30.6 Å². The van der Waals surface area contributed by atoms with E-state index in [0.717, 1.165) is 25.7 Å². The minimum atomic E-state index is -0.767. The molecule has 4 heteroatoms. The lowest BCUT2D eigenvalue weighted by molar-refractivity contribution is -0.523. The molecule has 1 aliphatic carbocycles. The lowest BCUT2D eigenvalue weighted by Crippen LogP contribution is -2.46. The summed E-state index contributed by atoms with van der Waals surface area (Å²) in [4.78, 5) is 22.8. The molecular formula is C21H42O4. The maximum atomic E-state index is 5.84. The standard InChI is InChI=1S/C21H42O4/c1-6-8-10-12-14-22-24-21(25-23-15-13-11-9-7-2)17-19(3)16-20(4,5)18-21/h19H,6-18H2,1-5H3. The quantitative estimate of drug-likeness (QED) is 0.152. The normalized spacial score (nSPS) is 22.2. The fourth-order valence-electron chi connectivity index (χ4n) is 4.03. The highest BCUT2D eigenvalue weighted by Gasteiger charge is 2.47. The first-order valence-electron chi connectivity index (χ1n) is 10.5. The summed E-state index contributed by atoms with van der Waals surface area (Å²) < 4.78 is 0. The van der Waals surface area contributed by atoms with Gasteiger partial charge in [0.1, 0.15) is 0 Å². The molecule has 1 saturated carbocycles. The van der Waals surface area contributed by atoms with Crippen molar-refractivity contribution in [3.8, 4) is 0 Å². The zero-order valence-electron chi connectivity index (χ0n) is 17.4. The SMILES string of the molecule is CCCCCCOOC1(OOCCCCCC)CC(C)CC(C)(C)C1. The van der Waals surface area contributed by atoms with Crippen LogP contribution in [0.4, 0.5) is 0 Å². The van der Waals surface area contributed by atoms with Crippen LogP contribution in [0.15, 0.2) is 0 Å².